The van der Waals surface area contributed by atoms with E-state index in [2.05, 4.69) is 15.3 Å². The summed E-state index contributed by atoms with van der Waals surface area (Å²) in [7, 11) is 1.56. The molecular weight excluding hydrogens is 450 g/mol. The van der Waals surface area contributed by atoms with E-state index >= 15 is 0 Å². The molecule has 1 aromatic heterocycles. The summed E-state index contributed by atoms with van der Waals surface area (Å²) in [6.07, 6.45) is 0.113. The number of amides is 1. The van der Waals surface area contributed by atoms with Crippen molar-refractivity contribution in [2.45, 2.75) is 30.2 Å². The molecule has 1 aliphatic rings. The predicted molar refractivity (Wildman–Crippen MR) is 125 cm³/mol. The number of nitrogens with zero attached hydrogens (tertiary/aromatic N) is 1. The third-order valence-electron chi connectivity index (χ3n) is 5.11. The number of hydrogen-bond acceptors (Lipinski definition) is 6. The number of rotatable bonds is 7. The van der Waals surface area contributed by atoms with Crippen LogP contribution in [0.4, 0.5) is 5.82 Å². The molecule has 9 heteroatoms. The topological polar surface area (TPSA) is 93.3 Å². The lowest BCUT2D eigenvalue weighted by atomic mass is 9.86. The average molecular weight is 472 g/mol. The highest BCUT2D eigenvalue weighted by molar-refractivity contribution is 7.98. The number of thioether (sulfide) groups is 1. The van der Waals surface area contributed by atoms with Crippen molar-refractivity contribution in [3.05, 3.63) is 74.5 Å². The molecule has 0 aliphatic carbocycles. The Balaban J connectivity index is 1.70. The van der Waals surface area contributed by atoms with Gasteiger partial charge in [0.1, 0.15) is 5.82 Å². The van der Waals surface area contributed by atoms with E-state index in [-0.39, 0.29) is 23.7 Å². The molecule has 1 aliphatic heterocycles. The summed E-state index contributed by atoms with van der Waals surface area (Å²) in [6.45, 7) is 2.30. The molecule has 1 atom stereocenters. The van der Waals surface area contributed by atoms with Crippen LogP contribution in [-0.2, 0) is 10.5 Å². The fourth-order valence-corrected chi connectivity index (χ4v) is 4.63. The molecule has 7 nitrogen and oxygen atoms in total. The largest absolute Gasteiger partial charge is 0.493 e. The normalized spacial score (nSPS) is 15.1. The fraction of sp³-hybridized carbons (Fsp3) is 0.261. The number of halogens is 1. The van der Waals surface area contributed by atoms with E-state index in [1.54, 1.807) is 13.2 Å². The number of anilines is 1. The number of ether oxygens (including phenoxy) is 2. The van der Waals surface area contributed by atoms with Gasteiger partial charge in [0.15, 0.2) is 16.7 Å². The van der Waals surface area contributed by atoms with Gasteiger partial charge < -0.3 is 19.8 Å². The number of carbonyl (C=O) groups excluding carboxylic acids is 1. The molecule has 3 aromatic rings. The first-order chi connectivity index (χ1) is 15.5. The van der Waals surface area contributed by atoms with Crippen LogP contribution >= 0.6 is 23.4 Å². The van der Waals surface area contributed by atoms with E-state index in [0.717, 1.165) is 11.1 Å². The van der Waals surface area contributed by atoms with Gasteiger partial charge in [-0.3, -0.25) is 9.59 Å². The van der Waals surface area contributed by atoms with Crippen molar-refractivity contribution in [3.63, 3.8) is 0 Å². The molecule has 0 spiro atoms. The maximum absolute atomic E-state index is 13.1. The van der Waals surface area contributed by atoms with Gasteiger partial charge in [-0.25, -0.2) is 4.98 Å². The average Bonchev–Trinajstić information content (AvgIpc) is 2.78. The number of carbonyl (C=O) groups is 1. The lowest BCUT2D eigenvalue weighted by molar-refractivity contribution is -0.116. The molecule has 0 saturated carbocycles. The molecule has 2 N–H and O–H groups in total. The molecule has 0 saturated heterocycles. The SMILES string of the molecule is CCOc1c(OC)cccc1[C@H]1CC(=O)Nc2nc(SCc3ccc(Cl)cc3)[nH]c(=O)c21. The van der Waals surface area contributed by atoms with Crippen LogP contribution in [0.25, 0.3) is 0 Å². The first-order valence-electron chi connectivity index (χ1n) is 10.1. The maximum atomic E-state index is 13.1. The molecule has 166 valence electrons. The van der Waals surface area contributed by atoms with Gasteiger partial charge in [0.05, 0.1) is 19.3 Å². The molecular formula is C23H22ClN3O4S. The molecule has 0 radical (unpaired) electrons. The molecule has 4 rings (SSSR count). The Morgan fingerprint density at radius 3 is 2.69 bits per heavy atom. The Morgan fingerprint density at radius 1 is 1.19 bits per heavy atom. The molecule has 0 bridgehead atoms. The zero-order valence-electron chi connectivity index (χ0n) is 17.6. The van der Waals surface area contributed by atoms with Crippen LogP contribution in [0.5, 0.6) is 11.5 Å². The van der Waals surface area contributed by atoms with Gasteiger partial charge >= 0.3 is 0 Å². The number of benzene rings is 2. The highest BCUT2D eigenvalue weighted by Gasteiger charge is 2.33. The van der Waals surface area contributed by atoms with Crippen LogP contribution in [0.15, 0.2) is 52.4 Å². The molecule has 2 heterocycles. The maximum Gasteiger partial charge on any atom is 0.257 e. The van der Waals surface area contributed by atoms with Crippen LogP contribution in [0, 0.1) is 0 Å². The van der Waals surface area contributed by atoms with Crippen LogP contribution in [0.3, 0.4) is 0 Å². The quantitative estimate of drug-likeness (QED) is 0.386. The first kappa shape index (κ1) is 22.2. The van der Waals surface area contributed by atoms with Gasteiger partial charge in [-0.05, 0) is 30.7 Å². The zero-order chi connectivity index (χ0) is 22.7. The van der Waals surface area contributed by atoms with Crippen molar-refractivity contribution in [2.24, 2.45) is 0 Å². The van der Waals surface area contributed by atoms with E-state index in [4.69, 9.17) is 21.1 Å². The van der Waals surface area contributed by atoms with E-state index < -0.39 is 5.92 Å². The Labute approximate surface area is 194 Å². The number of aromatic nitrogens is 2. The number of aromatic amines is 1. The monoisotopic (exact) mass is 471 g/mol. The molecule has 0 unspecified atom stereocenters. The van der Waals surface area contributed by atoms with Crippen LogP contribution in [0.1, 0.15) is 36.0 Å². The smallest absolute Gasteiger partial charge is 0.257 e. The van der Waals surface area contributed by atoms with Crippen LogP contribution in [-0.4, -0.2) is 29.6 Å². The van der Waals surface area contributed by atoms with Crippen LogP contribution < -0.4 is 20.3 Å². The highest BCUT2D eigenvalue weighted by Crippen LogP contribution is 2.42. The molecule has 32 heavy (non-hydrogen) atoms. The Morgan fingerprint density at radius 2 is 1.97 bits per heavy atom. The Hall–Kier alpha value is -2.97. The van der Waals surface area contributed by atoms with E-state index in [9.17, 15) is 9.59 Å². The number of H-pyrrole nitrogens is 1. The molecule has 2 aromatic carbocycles. The highest BCUT2D eigenvalue weighted by atomic mass is 35.5. The second-order valence-corrected chi connectivity index (χ2v) is 8.57. The third kappa shape index (κ3) is 4.61. The number of fused-ring (bicyclic) bond motifs is 1. The van der Waals surface area contributed by atoms with E-state index in [1.807, 2.05) is 43.3 Å². The number of methoxy groups -OCH3 is 1. The standard InChI is InChI=1S/C23H22ClN3O4S/c1-3-31-20-15(5-4-6-17(20)30-2)16-11-18(28)25-21-19(16)22(29)27-23(26-21)32-12-13-7-9-14(24)10-8-13/h4-10,16H,3,11-12H2,1-2H3,(H2,25,26,27,28,29)/t16-/m1/s1. The number of hydrogen-bond donors (Lipinski definition) is 2. The second-order valence-electron chi connectivity index (χ2n) is 7.17. The minimum absolute atomic E-state index is 0.113. The summed E-state index contributed by atoms with van der Waals surface area (Å²) in [5.41, 5.74) is 1.88. The van der Waals surface area contributed by atoms with Gasteiger partial charge in [0.25, 0.3) is 5.56 Å². The lowest BCUT2D eigenvalue weighted by Gasteiger charge is -2.26. The summed E-state index contributed by atoms with van der Waals surface area (Å²) in [4.78, 5) is 33.0. The summed E-state index contributed by atoms with van der Waals surface area (Å²) >= 11 is 7.31. The van der Waals surface area contributed by atoms with Crippen LogP contribution in [0.2, 0.25) is 5.02 Å². The Bertz CT molecular complexity index is 1200. The molecule has 1 amide bonds. The second kappa shape index (κ2) is 9.67. The van der Waals surface area contributed by atoms with Gasteiger partial charge in [-0.2, -0.15) is 0 Å². The minimum Gasteiger partial charge on any atom is -0.493 e. The zero-order valence-corrected chi connectivity index (χ0v) is 19.2. The van der Waals surface area contributed by atoms with Crippen molar-refractivity contribution < 1.29 is 14.3 Å². The van der Waals surface area contributed by atoms with Gasteiger partial charge in [0, 0.05) is 28.7 Å². The summed E-state index contributed by atoms with van der Waals surface area (Å²) in [5, 5.41) is 3.85. The van der Waals surface area contributed by atoms with Crippen molar-refractivity contribution in [1.29, 1.82) is 0 Å². The van der Waals surface area contributed by atoms with Gasteiger partial charge in [-0.15, -0.1) is 0 Å². The number of para-hydroxylation sites is 1. The van der Waals surface area contributed by atoms with Crippen molar-refractivity contribution in [2.75, 3.05) is 19.0 Å². The van der Waals surface area contributed by atoms with Gasteiger partial charge in [0.2, 0.25) is 5.91 Å². The van der Waals surface area contributed by atoms with Crippen molar-refractivity contribution in [1.82, 2.24) is 9.97 Å². The number of nitrogens with one attached hydrogen (secondary N) is 2. The first-order valence-corrected chi connectivity index (χ1v) is 11.5. The summed E-state index contributed by atoms with van der Waals surface area (Å²) in [6, 6.07) is 12.9. The summed E-state index contributed by atoms with van der Waals surface area (Å²) in [5.74, 6) is 1.25. The fourth-order valence-electron chi connectivity index (χ4n) is 3.68. The van der Waals surface area contributed by atoms with E-state index in [1.165, 1.54) is 11.8 Å². The predicted octanol–water partition coefficient (Wildman–Crippen LogP) is 4.60. The third-order valence-corrected chi connectivity index (χ3v) is 6.31. The summed E-state index contributed by atoms with van der Waals surface area (Å²) < 4.78 is 11.3. The van der Waals surface area contributed by atoms with Crippen molar-refractivity contribution >= 4 is 35.1 Å². The van der Waals surface area contributed by atoms with E-state index in [0.29, 0.717) is 39.6 Å². The lowest BCUT2D eigenvalue weighted by Crippen LogP contribution is -2.31. The Kier molecular flexibility index (Phi) is 6.72. The minimum atomic E-state index is -0.498. The van der Waals surface area contributed by atoms with Crippen molar-refractivity contribution in [3.8, 4) is 11.5 Å². The van der Waals surface area contributed by atoms with Gasteiger partial charge in [-0.1, -0.05) is 47.6 Å². The molecule has 0 fully saturated rings.